The molecule has 0 spiro atoms. The van der Waals surface area contributed by atoms with Crippen LogP contribution >= 0.6 is 0 Å². The third-order valence-corrected chi connectivity index (χ3v) is 12.7. The zero-order valence-electron chi connectivity index (χ0n) is 35.5. The van der Waals surface area contributed by atoms with Crippen LogP contribution in [-0.4, -0.2) is 37.7 Å². The predicted molar refractivity (Wildman–Crippen MR) is 264 cm³/mol. The Morgan fingerprint density at radius 2 is 0.701 bits per heavy atom. The van der Waals surface area contributed by atoms with Gasteiger partial charge in [0.2, 0.25) is 0 Å². The monoisotopic (exact) mass is 872 g/mol. The van der Waals surface area contributed by atoms with Crippen molar-refractivity contribution in [2.45, 2.75) is 0 Å². The van der Waals surface area contributed by atoms with Crippen molar-refractivity contribution in [1.82, 2.24) is 13.7 Å². The number of rotatable bonds is 11. The van der Waals surface area contributed by atoms with Gasteiger partial charge in [-0.2, -0.15) is 0 Å². The highest BCUT2D eigenvalue weighted by Gasteiger charge is 2.22. The molecule has 0 saturated carbocycles. The smallest absolute Gasteiger partial charge is 0.335 e. The van der Waals surface area contributed by atoms with Gasteiger partial charge >= 0.3 is 5.97 Å². The Morgan fingerprint density at radius 1 is 0.388 bits per heavy atom. The van der Waals surface area contributed by atoms with E-state index in [9.17, 15) is 19.5 Å². The molecule has 0 unspecified atom stereocenters. The van der Waals surface area contributed by atoms with Crippen LogP contribution in [0.3, 0.4) is 0 Å². The number of carbonyl (C=O) groups is 3. The van der Waals surface area contributed by atoms with Crippen LogP contribution in [0.1, 0.15) is 10.4 Å². The molecule has 0 fully saturated rings. The van der Waals surface area contributed by atoms with Gasteiger partial charge in [-0.1, -0.05) is 54.6 Å². The first-order valence-corrected chi connectivity index (χ1v) is 21.6. The average molecular weight is 873 g/mol. The van der Waals surface area contributed by atoms with Gasteiger partial charge in [0.05, 0.1) is 38.7 Å². The number of carboxylic acid groups (broad SMARTS) is 1. The molecule has 1 N–H and O–H groups in total. The molecule has 0 bridgehead atoms. The summed E-state index contributed by atoms with van der Waals surface area (Å²) in [4.78, 5) is 36.3. The summed E-state index contributed by atoms with van der Waals surface area (Å²) in [6.45, 7) is 0.865. The molecule has 320 valence electrons. The molecule has 0 aliphatic rings. The van der Waals surface area contributed by atoms with Crippen LogP contribution in [0, 0.1) is 0 Å². The molecule has 9 aromatic carbocycles. The van der Waals surface area contributed by atoms with E-state index in [0.29, 0.717) is 24.4 Å². The molecule has 0 radical (unpaired) electrons. The number of ether oxygens (including phenoxy) is 2. The minimum atomic E-state index is -0.969. The first kappa shape index (κ1) is 39.2. The summed E-state index contributed by atoms with van der Waals surface area (Å²) in [5, 5.41) is 16.1. The van der Waals surface area contributed by atoms with Gasteiger partial charge in [0.15, 0.2) is 0 Å². The molecule has 0 aliphatic heterocycles. The topological polar surface area (TPSA) is 108 Å². The quantitative estimate of drug-likeness (QED) is 0.129. The van der Waals surface area contributed by atoms with Gasteiger partial charge in [0.1, 0.15) is 11.5 Å². The van der Waals surface area contributed by atoms with Crippen molar-refractivity contribution in [3.63, 3.8) is 0 Å². The number of nitrogens with zero attached hydrogens (tertiary/aromatic N) is 4. The van der Waals surface area contributed by atoms with Crippen LogP contribution in [0.2, 0.25) is 0 Å². The summed E-state index contributed by atoms with van der Waals surface area (Å²) < 4.78 is 16.9. The number of carboxylic acids is 1. The first-order chi connectivity index (χ1) is 33.0. The Hall–Kier alpha value is -9.41. The van der Waals surface area contributed by atoms with E-state index in [0.717, 1.165) is 99.5 Å². The van der Waals surface area contributed by atoms with Gasteiger partial charge in [0.25, 0.3) is 12.9 Å². The van der Waals surface area contributed by atoms with E-state index in [2.05, 4.69) is 122 Å². The Morgan fingerprint density at radius 3 is 1.03 bits per heavy atom. The number of aromatic carboxylic acids is 1. The Labute approximate surface area is 381 Å². The maximum absolute atomic E-state index is 11.8. The van der Waals surface area contributed by atoms with E-state index in [-0.39, 0.29) is 5.56 Å². The lowest BCUT2D eigenvalue weighted by Gasteiger charge is -2.26. The molecule has 12 aromatic rings. The van der Waals surface area contributed by atoms with Crippen LogP contribution in [0.25, 0.3) is 82.5 Å². The van der Waals surface area contributed by atoms with Gasteiger partial charge in [-0.25, -0.2) is 4.79 Å². The van der Waals surface area contributed by atoms with Crippen molar-refractivity contribution in [3.8, 4) is 28.6 Å². The Balaban J connectivity index is 1.09. The highest BCUT2D eigenvalue weighted by molar-refractivity contribution is 6.14. The van der Waals surface area contributed by atoms with Crippen molar-refractivity contribution in [2.75, 3.05) is 4.90 Å². The first-order valence-electron chi connectivity index (χ1n) is 21.6. The lowest BCUT2D eigenvalue weighted by molar-refractivity contribution is -0.121. The number of hydrogen-bond acceptors (Lipinski definition) is 6. The fourth-order valence-electron chi connectivity index (χ4n) is 9.79. The van der Waals surface area contributed by atoms with Crippen LogP contribution < -0.4 is 14.4 Å². The molecule has 0 saturated heterocycles. The number of anilines is 3. The van der Waals surface area contributed by atoms with Gasteiger partial charge in [0, 0.05) is 66.4 Å². The molecular formula is C57H36N4O6. The zero-order chi connectivity index (χ0) is 45.2. The Bertz CT molecular complexity index is 3770. The second-order valence-corrected chi connectivity index (χ2v) is 16.3. The fourth-order valence-corrected chi connectivity index (χ4v) is 9.79. The van der Waals surface area contributed by atoms with E-state index in [1.807, 2.05) is 60.7 Å². The average Bonchev–Trinajstić information content (AvgIpc) is 4.00. The number of benzene rings is 9. The van der Waals surface area contributed by atoms with E-state index in [1.54, 1.807) is 36.4 Å². The van der Waals surface area contributed by atoms with Crippen LogP contribution in [0.4, 0.5) is 17.1 Å². The van der Waals surface area contributed by atoms with Gasteiger partial charge in [-0.05, 0) is 146 Å². The molecule has 0 amide bonds. The molecule has 3 aromatic heterocycles. The van der Waals surface area contributed by atoms with E-state index < -0.39 is 5.97 Å². The van der Waals surface area contributed by atoms with E-state index in [1.165, 1.54) is 0 Å². The van der Waals surface area contributed by atoms with E-state index >= 15 is 0 Å². The third kappa shape index (κ3) is 6.38. The van der Waals surface area contributed by atoms with Crippen molar-refractivity contribution in [1.29, 1.82) is 0 Å². The van der Waals surface area contributed by atoms with Crippen LogP contribution in [0.15, 0.2) is 200 Å². The number of carbonyl (C=O) groups excluding carboxylic acids is 2. The van der Waals surface area contributed by atoms with Gasteiger partial charge in [-0.3, -0.25) is 9.59 Å². The SMILES string of the molecule is O=COc1ccc(-n2c3ccccc3c3cc(N(c4ccc5c(c4)c4ccccc4n5-c4ccc(OC=O)cc4)c4ccc5c(c4)c4ccccc4n5-c4ccc(C(=O)O)cc4)ccc32)cc1. The molecule has 3 heterocycles. The summed E-state index contributed by atoms with van der Waals surface area (Å²) in [7, 11) is 0. The van der Waals surface area contributed by atoms with Crippen molar-refractivity contribution in [2.24, 2.45) is 0 Å². The lowest BCUT2D eigenvalue weighted by Crippen LogP contribution is -2.10. The normalized spacial score (nSPS) is 11.5. The summed E-state index contributed by atoms with van der Waals surface area (Å²) >= 11 is 0. The highest BCUT2D eigenvalue weighted by Crippen LogP contribution is 2.44. The number of para-hydroxylation sites is 3. The molecule has 10 heteroatoms. The predicted octanol–water partition coefficient (Wildman–Crippen LogP) is 13.2. The maximum Gasteiger partial charge on any atom is 0.335 e. The maximum atomic E-state index is 11.8. The second-order valence-electron chi connectivity index (χ2n) is 16.3. The zero-order valence-corrected chi connectivity index (χ0v) is 35.5. The number of fused-ring (bicyclic) bond motifs is 9. The van der Waals surface area contributed by atoms with Crippen molar-refractivity contribution in [3.05, 3.63) is 206 Å². The fraction of sp³-hybridized carbons (Fsp3) is 0. The van der Waals surface area contributed by atoms with Gasteiger partial charge in [-0.15, -0.1) is 0 Å². The van der Waals surface area contributed by atoms with Crippen molar-refractivity contribution < 1.29 is 29.0 Å². The molecule has 0 aliphatic carbocycles. The minimum absolute atomic E-state index is 0.229. The lowest BCUT2D eigenvalue weighted by atomic mass is 10.1. The standard InChI is InChI=1S/C57H36N4O6/c62-34-66-43-24-17-38(18-25-43)60-52-11-5-2-8-46(52)49-32-41(22-29-55(49)60)58(40-21-28-54-48(31-40)45-7-1-4-10-51(45)59(54)37-15-13-36(14-16-37)57(64)65)42-23-30-56-50(33-42)47-9-3-6-12-53(47)61(56)39-19-26-44(27-20-39)67-35-63/h1-35H,(H,64,65). The van der Waals surface area contributed by atoms with Crippen LogP contribution in [0.5, 0.6) is 11.5 Å². The third-order valence-electron chi connectivity index (χ3n) is 12.7. The van der Waals surface area contributed by atoms with E-state index in [4.69, 9.17) is 9.47 Å². The Kier molecular flexibility index (Phi) is 9.18. The summed E-state index contributed by atoms with van der Waals surface area (Å²) in [6, 6.07) is 66.7. The molecule has 12 rings (SSSR count). The molecule has 67 heavy (non-hydrogen) atoms. The number of hydrogen-bond donors (Lipinski definition) is 1. The summed E-state index contributed by atoms with van der Waals surface area (Å²) in [5.74, 6) is -0.0321. The summed E-state index contributed by atoms with van der Waals surface area (Å²) in [5.41, 5.74) is 11.9. The van der Waals surface area contributed by atoms with Crippen molar-refractivity contribution >= 4 is 101 Å². The largest absolute Gasteiger partial charge is 0.478 e. The molecule has 10 nitrogen and oxygen atoms in total. The molecule has 0 atom stereocenters. The van der Waals surface area contributed by atoms with Gasteiger partial charge < -0.3 is 33.2 Å². The highest BCUT2D eigenvalue weighted by atomic mass is 16.5. The number of aromatic nitrogens is 3. The summed E-state index contributed by atoms with van der Waals surface area (Å²) in [6.07, 6.45) is 0. The molecular weight excluding hydrogens is 837 g/mol. The minimum Gasteiger partial charge on any atom is -0.478 e. The van der Waals surface area contributed by atoms with Crippen LogP contribution in [-0.2, 0) is 9.59 Å². The second kappa shape index (κ2) is 15.7.